The van der Waals surface area contributed by atoms with Gasteiger partial charge in [0.05, 0.1) is 70.7 Å². The van der Waals surface area contributed by atoms with Crippen LogP contribution in [-0.2, 0) is 9.47 Å². The van der Waals surface area contributed by atoms with E-state index in [1.165, 1.54) is 9.36 Å². The molecule has 4 aromatic rings. The lowest BCUT2D eigenvalue weighted by Gasteiger charge is -2.32. The van der Waals surface area contributed by atoms with E-state index in [9.17, 15) is 20.1 Å². The average Bonchev–Trinajstić information content (AvgIpc) is 3.67. The van der Waals surface area contributed by atoms with Crippen molar-refractivity contribution in [3.8, 4) is 12.1 Å². The molecule has 0 amide bonds. The molecule has 0 bridgehead atoms. The fraction of sp³-hybridized carbons (Fsp3) is 0.378. The highest BCUT2D eigenvalue weighted by Gasteiger charge is 2.34. The molecule has 2 atom stereocenters. The molecule has 4 heterocycles. The Hall–Kier alpha value is -7.16. The molecule has 0 spiro atoms. The number of aryl methyl sites for hydroxylation is 2. The lowest BCUT2D eigenvalue weighted by Crippen LogP contribution is -2.27. The minimum Gasteiger partial charge on any atom is -0.442 e. The summed E-state index contributed by atoms with van der Waals surface area (Å²) in [5.74, 6) is -0.898. The van der Waals surface area contributed by atoms with Crippen molar-refractivity contribution in [3.63, 3.8) is 0 Å². The Kier molecular flexibility index (Phi) is 11.7. The standard InChI is InChI=1S/C23H25N5O2.C22H23N5O2/c1-13-17-11-16(9-10-19(17)28(26-13)22(29)30-23(4,5)6)20-18(12-24)14(2)27(8)15(3)21(20)25-7;1-12-17(11-23)19(20(24-7)14(3)25-12)15-8-9-18-16(10-15)13(2)26-27(18)21(28)29-22(4,5)6/h9-11,20H,1-6,8H3;8-10,19,25H,1-6H3. The smallest absolute Gasteiger partial charge is 0.435 e. The number of ether oxygens (including phenoxy) is 2. The molecule has 0 radical (unpaired) electrons. The van der Waals surface area contributed by atoms with Crippen LogP contribution in [0.5, 0.6) is 0 Å². The molecule has 0 fully saturated rings. The third-order valence-electron chi connectivity index (χ3n) is 10.1. The number of nitrogens with one attached hydrogen (secondary N) is 1. The summed E-state index contributed by atoms with van der Waals surface area (Å²) in [6.07, 6.45) is -1.09. The monoisotopic (exact) mass is 792 g/mol. The number of allylic oxidation sites excluding steroid dienone is 6. The zero-order valence-electron chi connectivity index (χ0n) is 35.8. The first-order chi connectivity index (χ1) is 27.6. The van der Waals surface area contributed by atoms with Gasteiger partial charge in [0.2, 0.25) is 0 Å². The molecule has 1 N–H and O–H groups in total. The van der Waals surface area contributed by atoms with E-state index in [4.69, 9.17) is 22.6 Å². The first-order valence-corrected chi connectivity index (χ1v) is 18.9. The molecule has 14 nitrogen and oxygen atoms in total. The van der Waals surface area contributed by atoms with Crippen molar-refractivity contribution < 1.29 is 19.1 Å². The summed E-state index contributed by atoms with van der Waals surface area (Å²) in [4.78, 5) is 34.4. The summed E-state index contributed by atoms with van der Waals surface area (Å²) in [6, 6.07) is 15.6. The van der Waals surface area contributed by atoms with Crippen molar-refractivity contribution in [2.75, 3.05) is 7.05 Å². The topological polar surface area (TPSA) is 160 Å². The largest absolute Gasteiger partial charge is 0.442 e. The van der Waals surface area contributed by atoms with E-state index in [2.05, 4.69) is 37.3 Å². The molecule has 0 saturated carbocycles. The van der Waals surface area contributed by atoms with E-state index in [-0.39, 0.29) is 0 Å². The van der Waals surface area contributed by atoms with Crippen LogP contribution in [0.2, 0.25) is 0 Å². The fourth-order valence-corrected chi connectivity index (χ4v) is 7.20. The summed E-state index contributed by atoms with van der Waals surface area (Å²) in [5.41, 5.74) is 8.18. The van der Waals surface area contributed by atoms with Crippen molar-refractivity contribution in [3.05, 3.63) is 127 Å². The van der Waals surface area contributed by atoms with E-state index < -0.39 is 35.2 Å². The second kappa shape index (κ2) is 16.0. The summed E-state index contributed by atoms with van der Waals surface area (Å²) in [6.45, 7) is 37.2. The number of nitrogens with zero attached hydrogens (tertiary/aromatic N) is 9. The number of nitriles is 2. The highest BCUT2D eigenvalue weighted by Crippen LogP contribution is 2.43. The van der Waals surface area contributed by atoms with Crippen molar-refractivity contribution in [2.24, 2.45) is 0 Å². The minimum absolute atomic E-state index is 0.447. The van der Waals surface area contributed by atoms with Crippen LogP contribution in [0.3, 0.4) is 0 Å². The highest BCUT2D eigenvalue weighted by atomic mass is 16.6. The zero-order valence-corrected chi connectivity index (χ0v) is 35.8. The van der Waals surface area contributed by atoms with Gasteiger partial charge < -0.3 is 19.7 Å². The third kappa shape index (κ3) is 8.30. The Morgan fingerprint density at radius 3 is 1.51 bits per heavy atom. The van der Waals surface area contributed by atoms with Crippen molar-refractivity contribution in [1.29, 1.82) is 10.5 Å². The van der Waals surface area contributed by atoms with E-state index in [0.29, 0.717) is 45.0 Å². The molecule has 2 aromatic carbocycles. The molecule has 6 rings (SSSR count). The highest BCUT2D eigenvalue weighted by molar-refractivity contribution is 5.91. The Labute approximate surface area is 344 Å². The van der Waals surface area contributed by atoms with Gasteiger partial charge in [-0.2, -0.15) is 30.1 Å². The second-order valence-electron chi connectivity index (χ2n) is 16.5. The van der Waals surface area contributed by atoms with Crippen LogP contribution in [0.15, 0.2) is 81.7 Å². The number of hydrogen-bond acceptors (Lipinski definition) is 10. The van der Waals surface area contributed by atoms with Crippen molar-refractivity contribution in [2.45, 2.75) is 106 Å². The van der Waals surface area contributed by atoms with Gasteiger partial charge in [-0.3, -0.25) is 0 Å². The summed E-state index contributed by atoms with van der Waals surface area (Å²) in [7, 11) is 1.86. The van der Waals surface area contributed by atoms with Gasteiger partial charge in [-0.05, 0) is 118 Å². The number of fused-ring (bicyclic) bond motifs is 2. The van der Waals surface area contributed by atoms with Gasteiger partial charge in [0.15, 0.2) is 11.4 Å². The second-order valence-corrected chi connectivity index (χ2v) is 16.5. The lowest BCUT2D eigenvalue weighted by atomic mass is 9.84. The number of aromatic nitrogens is 4. The van der Waals surface area contributed by atoms with Crippen molar-refractivity contribution >= 4 is 34.0 Å². The molecule has 59 heavy (non-hydrogen) atoms. The number of carbonyl (C=O) groups is 2. The van der Waals surface area contributed by atoms with Gasteiger partial charge >= 0.3 is 12.2 Å². The van der Waals surface area contributed by atoms with Crippen LogP contribution in [0.4, 0.5) is 9.59 Å². The molecule has 14 heteroatoms. The van der Waals surface area contributed by atoms with Crippen LogP contribution in [0.25, 0.3) is 31.5 Å². The minimum atomic E-state index is -0.631. The number of hydrogen-bond donors (Lipinski definition) is 1. The van der Waals surface area contributed by atoms with Crippen molar-refractivity contribution in [1.82, 2.24) is 29.8 Å². The van der Waals surface area contributed by atoms with Crippen LogP contribution in [0.1, 0.15) is 104 Å². The molecule has 2 aromatic heterocycles. The van der Waals surface area contributed by atoms with E-state index in [1.807, 2.05) is 77.8 Å². The van der Waals surface area contributed by atoms with E-state index in [0.717, 1.165) is 44.7 Å². The van der Waals surface area contributed by atoms with E-state index in [1.54, 1.807) is 53.7 Å². The molecule has 302 valence electrons. The Balaban J connectivity index is 0.000000224. The maximum atomic E-state index is 12.6. The van der Waals surface area contributed by atoms with Gasteiger partial charge in [0, 0.05) is 40.6 Å². The first-order valence-electron chi connectivity index (χ1n) is 18.9. The van der Waals surface area contributed by atoms with Crippen LogP contribution in [-0.4, -0.2) is 54.9 Å². The predicted molar refractivity (Wildman–Crippen MR) is 224 cm³/mol. The number of rotatable bonds is 2. The lowest BCUT2D eigenvalue weighted by molar-refractivity contribution is 0.0511. The van der Waals surface area contributed by atoms with E-state index >= 15 is 0 Å². The van der Waals surface area contributed by atoms with Gasteiger partial charge in [-0.1, -0.05) is 12.1 Å². The quantitative estimate of drug-likeness (QED) is 0.194. The third-order valence-corrected chi connectivity index (χ3v) is 10.1. The number of benzene rings is 2. The Morgan fingerprint density at radius 2 is 1.12 bits per heavy atom. The van der Waals surface area contributed by atoms with Gasteiger partial charge in [-0.15, -0.1) is 0 Å². The molecule has 2 unspecified atom stereocenters. The summed E-state index contributed by atoms with van der Waals surface area (Å²) >= 11 is 0. The van der Waals surface area contributed by atoms with Crippen LogP contribution in [0, 0.1) is 49.7 Å². The molecular weight excluding hydrogens is 745 g/mol. The maximum absolute atomic E-state index is 12.6. The molecule has 0 saturated heterocycles. The summed E-state index contributed by atoms with van der Waals surface area (Å²) in [5, 5.41) is 32.9. The average molecular weight is 793 g/mol. The SMILES string of the molecule is [C-]#[N+]C1=C(C)N(C)C(C)=C(C#N)C1c1ccc2c(c1)c(C)nn2C(=O)OC(C)(C)C.[C-]#[N+]C1=C(C)NC(C)=C(C#N)C1c1ccc2c(c1)c(C)nn2C(=O)OC(C)(C)C. The maximum Gasteiger partial charge on any atom is 0.435 e. The first kappa shape index (κ1) is 43.0. The normalized spacial score (nSPS) is 17.1. The van der Waals surface area contributed by atoms with Crippen LogP contribution < -0.4 is 5.32 Å². The molecule has 0 aliphatic carbocycles. The summed E-state index contributed by atoms with van der Waals surface area (Å²) < 4.78 is 13.4. The molecule has 2 aliphatic heterocycles. The van der Waals surface area contributed by atoms with Gasteiger partial charge in [0.1, 0.15) is 11.2 Å². The fourth-order valence-electron chi connectivity index (χ4n) is 7.20. The van der Waals surface area contributed by atoms with Gasteiger partial charge in [-0.25, -0.2) is 19.3 Å². The number of carbonyl (C=O) groups excluding carboxylic acids is 2. The molecule has 2 aliphatic rings. The Morgan fingerprint density at radius 1 is 0.695 bits per heavy atom. The molecular formula is C45H48N10O4. The van der Waals surface area contributed by atoms with Gasteiger partial charge in [0.25, 0.3) is 0 Å². The zero-order chi connectivity index (χ0) is 43.9. The van der Waals surface area contributed by atoms with Crippen LogP contribution >= 0.6 is 0 Å². The predicted octanol–water partition coefficient (Wildman–Crippen LogP) is 9.87. The Bertz CT molecular complexity index is 2660. The number of dihydropyridines is 1.